The fourth-order valence-corrected chi connectivity index (χ4v) is 3.16. The summed E-state index contributed by atoms with van der Waals surface area (Å²) in [5, 5.41) is 3.88. The van der Waals surface area contributed by atoms with Gasteiger partial charge in [-0.2, -0.15) is 4.98 Å². The Kier molecular flexibility index (Phi) is 4.99. The zero-order chi connectivity index (χ0) is 20.4. The number of pyridine rings is 1. The van der Waals surface area contributed by atoms with E-state index in [1.807, 2.05) is 81.4 Å². The van der Waals surface area contributed by atoms with E-state index < -0.39 is 0 Å². The first-order chi connectivity index (χ1) is 14.0. The molecule has 0 aliphatic carbocycles. The van der Waals surface area contributed by atoms with E-state index >= 15 is 0 Å². The second kappa shape index (κ2) is 7.75. The minimum Gasteiger partial charge on any atom is -0.406 e. The van der Waals surface area contributed by atoms with Gasteiger partial charge in [-0.05, 0) is 50.1 Å². The molecular weight excluding hydrogens is 364 g/mol. The van der Waals surface area contributed by atoms with E-state index in [9.17, 15) is 4.79 Å². The smallest absolute Gasteiger partial charge is 0.292 e. The van der Waals surface area contributed by atoms with Crippen LogP contribution in [0.5, 0.6) is 0 Å². The topological polar surface area (TPSA) is 69.0 Å². The molecule has 2 aromatic heterocycles. The molecular formula is C23H22N4O2. The van der Waals surface area contributed by atoms with E-state index in [1.54, 1.807) is 6.20 Å². The molecule has 2 heterocycles. The van der Waals surface area contributed by atoms with Crippen molar-refractivity contribution in [1.29, 1.82) is 0 Å². The van der Waals surface area contributed by atoms with Gasteiger partial charge in [-0.15, -0.1) is 4.73 Å². The van der Waals surface area contributed by atoms with Crippen LogP contribution in [0, 0.1) is 6.92 Å². The zero-order valence-corrected chi connectivity index (χ0v) is 16.6. The third kappa shape index (κ3) is 3.82. The van der Waals surface area contributed by atoms with Crippen molar-refractivity contribution in [2.75, 3.05) is 5.32 Å². The van der Waals surface area contributed by atoms with Crippen LogP contribution in [0.3, 0.4) is 0 Å². The summed E-state index contributed by atoms with van der Waals surface area (Å²) >= 11 is 0. The molecule has 0 aliphatic rings. The highest BCUT2D eigenvalue weighted by Crippen LogP contribution is 2.24. The lowest BCUT2D eigenvalue weighted by molar-refractivity contribution is 0.0609. The number of fused-ring (bicyclic) bond motifs is 1. The Hall–Kier alpha value is -3.67. The van der Waals surface area contributed by atoms with Crippen molar-refractivity contribution in [3.8, 4) is 11.1 Å². The molecule has 2 aromatic carbocycles. The number of aromatic nitrogens is 3. The second-order valence-corrected chi connectivity index (χ2v) is 7.09. The normalized spacial score (nSPS) is 11.0. The molecule has 6 heteroatoms. The Morgan fingerprint density at radius 2 is 1.72 bits per heavy atom. The van der Waals surface area contributed by atoms with E-state index in [2.05, 4.69) is 15.3 Å². The van der Waals surface area contributed by atoms with Gasteiger partial charge in [0.2, 0.25) is 5.95 Å². The van der Waals surface area contributed by atoms with Crippen molar-refractivity contribution in [1.82, 2.24) is 14.7 Å². The Morgan fingerprint density at radius 1 is 1.00 bits per heavy atom. The molecule has 4 aromatic rings. The predicted octanol–water partition coefficient (Wildman–Crippen LogP) is 4.35. The van der Waals surface area contributed by atoms with Crippen molar-refractivity contribution in [2.45, 2.75) is 26.9 Å². The molecule has 1 N–H and O–H groups in total. The maximum Gasteiger partial charge on any atom is 0.292 e. The van der Waals surface area contributed by atoms with Gasteiger partial charge in [-0.25, -0.2) is 4.98 Å². The fourth-order valence-electron chi connectivity index (χ4n) is 3.16. The van der Waals surface area contributed by atoms with Gasteiger partial charge in [-0.3, -0.25) is 4.79 Å². The number of nitrogens with one attached hydrogen (secondary N) is 1. The van der Waals surface area contributed by atoms with Crippen LogP contribution in [0.25, 0.3) is 22.2 Å². The first kappa shape index (κ1) is 18.7. The lowest BCUT2D eigenvalue weighted by Crippen LogP contribution is -2.32. The van der Waals surface area contributed by atoms with Crippen LogP contribution in [0.2, 0.25) is 0 Å². The molecule has 29 heavy (non-hydrogen) atoms. The molecule has 0 atom stereocenters. The van der Waals surface area contributed by atoms with Crippen molar-refractivity contribution in [3.05, 3.63) is 82.8 Å². The van der Waals surface area contributed by atoms with Gasteiger partial charge in [0.25, 0.3) is 5.56 Å². The average Bonchev–Trinajstić information content (AvgIpc) is 2.71. The average molecular weight is 386 g/mol. The highest BCUT2D eigenvalue weighted by Gasteiger charge is 2.16. The molecule has 0 aliphatic heterocycles. The number of anilines is 2. The molecule has 6 nitrogen and oxygen atoms in total. The van der Waals surface area contributed by atoms with Crippen molar-refractivity contribution < 1.29 is 4.84 Å². The molecule has 0 radical (unpaired) electrons. The number of benzene rings is 2. The summed E-state index contributed by atoms with van der Waals surface area (Å²) in [4.78, 5) is 28.1. The number of hydrogen-bond acceptors (Lipinski definition) is 5. The first-order valence-corrected chi connectivity index (χ1v) is 9.51. The van der Waals surface area contributed by atoms with Gasteiger partial charge in [0, 0.05) is 17.3 Å². The minimum absolute atomic E-state index is 0.191. The summed E-state index contributed by atoms with van der Waals surface area (Å²) in [5.41, 5.74) is 3.49. The van der Waals surface area contributed by atoms with E-state index in [1.165, 1.54) is 4.73 Å². The summed E-state index contributed by atoms with van der Waals surface area (Å²) in [6, 6.07) is 19.3. The Labute approximate surface area is 168 Å². The second-order valence-electron chi connectivity index (χ2n) is 7.09. The highest BCUT2D eigenvalue weighted by molar-refractivity contribution is 5.82. The van der Waals surface area contributed by atoms with Gasteiger partial charge in [0.1, 0.15) is 6.10 Å². The summed E-state index contributed by atoms with van der Waals surface area (Å²) in [5.74, 6) is 0.396. The zero-order valence-electron chi connectivity index (χ0n) is 16.6. The number of aryl methyl sites for hydroxylation is 1. The lowest BCUT2D eigenvalue weighted by atomic mass is 10.0. The molecule has 0 saturated carbocycles. The minimum atomic E-state index is -0.245. The van der Waals surface area contributed by atoms with Gasteiger partial charge in [0.15, 0.2) is 5.65 Å². The Morgan fingerprint density at radius 3 is 2.45 bits per heavy atom. The fraction of sp³-hybridized carbons (Fsp3) is 0.174. The van der Waals surface area contributed by atoms with Crippen LogP contribution in [0.4, 0.5) is 11.6 Å². The Balaban J connectivity index is 1.89. The van der Waals surface area contributed by atoms with Crippen LogP contribution in [0.15, 0.2) is 71.7 Å². The molecule has 0 bridgehead atoms. The van der Waals surface area contributed by atoms with Gasteiger partial charge >= 0.3 is 0 Å². The molecule has 0 spiro atoms. The maximum atomic E-state index is 13.3. The van der Waals surface area contributed by atoms with Gasteiger partial charge < -0.3 is 10.2 Å². The molecule has 4 rings (SSSR count). The summed E-state index contributed by atoms with van der Waals surface area (Å²) in [6.45, 7) is 5.74. The standard InChI is InChI=1S/C23H22N4O2/c1-15(2)29-27-21-17(13-20(22(27)28)19-12-8-7-9-16(19)3)14-24-23(26-21)25-18-10-5-4-6-11-18/h4-15H,1-3H3,(H,24,25,26). The van der Waals surface area contributed by atoms with E-state index in [0.717, 1.165) is 22.2 Å². The van der Waals surface area contributed by atoms with E-state index in [0.29, 0.717) is 17.2 Å². The third-order valence-corrected chi connectivity index (χ3v) is 4.48. The summed E-state index contributed by atoms with van der Waals surface area (Å²) in [6.07, 6.45) is 1.51. The van der Waals surface area contributed by atoms with Crippen LogP contribution < -0.4 is 15.7 Å². The largest absolute Gasteiger partial charge is 0.406 e. The van der Waals surface area contributed by atoms with Crippen molar-refractivity contribution >= 4 is 22.7 Å². The first-order valence-electron chi connectivity index (χ1n) is 9.51. The molecule has 146 valence electrons. The van der Waals surface area contributed by atoms with Crippen LogP contribution >= 0.6 is 0 Å². The highest BCUT2D eigenvalue weighted by atomic mass is 16.7. The van der Waals surface area contributed by atoms with Crippen molar-refractivity contribution in [3.63, 3.8) is 0 Å². The van der Waals surface area contributed by atoms with Gasteiger partial charge in [0.05, 0.1) is 5.56 Å². The van der Waals surface area contributed by atoms with E-state index in [-0.39, 0.29) is 11.7 Å². The SMILES string of the molecule is Cc1ccccc1-c1cc2cnc(Nc3ccccc3)nc2n(OC(C)C)c1=O. The Bertz CT molecular complexity index is 1220. The summed E-state index contributed by atoms with van der Waals surface area (Å²) in [7, 11) is 0. The van der Waals surface area contributed by atoms with E-state index in [4.69, 9.17) is 4.84 Å². The van der Waals surface area contributed by atoms with Crippen molar-refractivity contribution in [2.24, 2.45) is 0 Å². The van der Waals surface area contributed by atoms with Gasteiger partial charge in [-0.1, -0.05) is 42.5 Å². The number of rotatable bonds is 5. The third-order valence-electron chi connectivity index (χ3n) is 4.48. The van der Waals surface area contributed by atoms with Crippen LogP contribution in [-0.4, -0.2) is 20.8 Å². The quantitative estimate of drug-likeness (QED) is 0.552. The molecule has 0 saturated heterocycles. The maximum absolute atomic E-state index is 13.3. The number of hydrogen-bond donors (Lipinski definition) is 1. The van der Waals surface area contributed by atoms with Crippen LogP contribution in [0.1, 0.15) is 19.4 Å². The lowest BCUT2D eigenvalue weighted by Gasteiger charge is -2.16. The predicted molar refractivity (Wildman–Crippen MR) is 115 cm³/mol. The molecule has 0 amide bonds. The molecule has 0 fully saturated rings. The number of para-hydroxylation sites is 1. The van der Waals surface area contributed by atoms with Crippen LogP contribution in [-0.2, 0) is 0 Å². The number of nitrogens with zero attached hydrogens (tertiary/aromatic N) is 3. The molecule has 0 unspecified atom stereocenters. The summed E-state index contributed by atoms with van der Waals surface area (Å²) < 4.78 is 1.28. The monoisotopic (exact) mass is 386 g/mol.